The minimum absolute atomic E-state index is 0.00203. The minimum atomic E-state index is -2.71. The molecule has 1 aromatic carbocycles. The zero-order valence-electron chi connectivity index (χ0n) is 21.4. The van der Waals surface area contributed by atoms with Gasteiger partial charge in [-0.3, -0.25) is 19.3 Å². The molecule has 0 radical (unpaired) electrons. The number of phenols is 1. The van der Waals surface area contributed by atoms with Gasteiger partial charge in [0.25, 0.3) is 5.91 Å². The molecule has 13 nitrogen and oxygen atoms in total. The van der Waals surface area contributed by atoms with Crippen molar-refractivity contribution in [1.82, 2.24) is 9.80 Å². The van der Waals surface area contributed by atoms with Crippen LogP contribution in [0.15, 0.2) is 34.8 Å². The van der Waals surface area contributed by atoms with Gasteiger partial charge >= 0.3 is 6.03 Å². The predicted molar refractivity (Wildman–Crippen MR) is 135 cm³/mol. The van der Waals surface area contributed by atoms with Crippen LogP contribution in [0.5, 0.6) is 5.75 Å². The van der Waals surface area contributed by atoms with E-state index in [1.165, 1.54) is 15.9 Å². The Morgan fingerprint density at radius 2 is 1.82 bits per heavy atom. The number of primary amides is 1. The largest absolute Gasteiger partial charge is 0.510 e. The summed E-state index contributed by atoms with van der Waals surface area (Å²) in [6.45, 7) is 1.47. The van der Waals surface area contributed by atoms with Crippen LogP contribution in [0.2, 0.25) is 0 Å². The number of nitrogens with one attached hydrogen (secondary N) is 1. The quantitative estimate of drug-likeness (QED) is 0.223. The summed E-state index contributed by atoms with van der Waals surface area (Å²) in [6, 6.07) is 1.53. The monoisotopic (exact) mass is 542 g/mol. The zero-order chi connectivity index (χ0) is 28.4. The molecule has 1 heterocycles. The van der Waals surface area contributed by atoms with Gasteiger partial charge in [0.15, 0.2) is 17.1 Å². The number of ketones is 2. The number of rotatable bonds is 3. The molecule has 0 saturated carbocycles. The fraction of sp³-hybridized carbons (Fsp3) is 0.462. The molecule has 0 bridgehead atoms. The molecule has 4 atom stereocenters. The number of amides is 3. The lowest BCUT2D eigenvalue weighted by molar-refractivity contribution is -0.148. The number of hydrogen-bond acceptors (Lipinski definition) is 10. The lowest BCUT2D eigenvalue weighted by Crippen LogP contribution is -2.63. The maximum atomic E-state index is 13.7. The van der Waals surface area contributed by atoms with Crippen molar-refractivity contribution in [2.45, 2.75) is 24.5 Å². The number of nitrogens with zero attached hydrogens (tertiary/aromatic N) is 2. The first-order valence-corrected chi connectivity index (χ1v) is 12.5. The van der Waals surface area contributed by atoms with Crippen molar-refractivity contribution in [1.29, 1.82) is 0 Å². The highest BCUT2D eigenvalue weighted by Gasteiger charge is 2.63. The third kappa shape index (κ3) is 3.87. The molecule has 1 saturated heterocycles. The second-order valence-corrected chi connectivity index (χ2v) is 10.5. The first kappa shape index (κ1) is 26.7. The number of hydrogen-bond donors (Lipinski definition) is 6. The summed E-state index contributed by atoms with van der Waals surface area (Å²) in [5.74, 6) is -7.23. The van der Waals surface area contributed by atoms with Crippen LogP contribution in [-0.2, 0) is 20.7 Å². The molecule has 39 heavy (non-hydrogen) atoms. The number of Topliss-reactive ketones (excluding diaryl/α,β-unsaturated/α-hetero) is 2. The minimum Gasteiger partial charge on any atom is -0.510 e. The van der Waals surface area contributed by atoms with Gasteiger partial charge in [0.2, 0.25) is 5.78 Å². The second kappa shape index (κ2) is 9.36. The molecule has 1 aliphatic heterocycles. The number of allylic oxidation sites excluding steroid dienone is 1. The first-order valence-electron chi connectivity index (χ1n) is 12.5. The molecule has 3 aliphatic carbocycles. The molecule has 0 spiro atoms. The Morgan fingerprint density at radius 3 is 2.44 bits per heavy atom. The summed E-state index contributed by atoms with van der Waals surface area (Å²) >= 11 is 0. The molecule has 7 N–H and O–H groups in total. The number of nitrogens with two attached hydrogens (primary N) is 1. The topological polar surface area (TPSA) is 203 Å². The molecule has 0 aromatic heterocycles. The zero-order valence-corrected chi connectivity index (χ0v) is 21.4. The van der Waals surface area contributed by atoms with E-state index in [4.69, 9.17) is 10.5 Å². The van der Waals surface area contributed by atoms with E-state index >= 15 is 0 Å². The number of likely N-dealkylation sites (N-methyl/N-ethyl adjacent to an activating group) is 1. The highest BCUT2D eigenvalue weighted by Crippen LogP contribution is 2.52. The van der Waals surface area contributed by atoms with Crippen LogP contribution in [0.4, 0.5) is 10.5 Å². The van der Waals surface area contributed by atoms with Gasteiger partial charge in [-0.2, -0.15) is 0 Å². The number of benzene rings is 1. The molecular weight excluding hydrogens is 512 g/mol. The van der Waals surface area contributed by atoms with E-state index in [1.807, 2.05) is 0 Å². The Balaban J connectivity index is 1.57. The van der Waals surface area contributed by atoms with Gasteiger partial charge in [0, 0.05) is 24.6 Å². The Morgan fingerprint density at radius 1 is 1.15 bits per heavy atom. The van der Waals surface area contributed by atoms with Crippen molar-refractivity contribution in [2.24, 2.45) is 17.6 Å². The third-order valence-corrected chi connectivity index (χ3v) is 8.13. The average Bonchev–Trinajstić information content (AvgIpc) is 2.88. The number of morpholine rings is 1. The Hall–Kier alpha value is -3.94. The van der Waals surface area contributed by atoms with E-state index in [1.54, 1.807) is 20.2 Å². The maximum absolute atomic E-state index is 13.7. The summed E-state index contributed by atoms with van der Waals surface area (Å²) in [5, 5.41) is 47.4. The van der Waals surface area contributed by atoms with Crippen molar-refractivity contribution >= 4 is 29.2 Å². The summed E-state index contributed by atoms with van der Waals surface area (Å²) in [4.78, 5) is 54.8. The molecule has 1 aromatic rings. The van der Waals surface area contributed by atoms with Gasteiger partial charge < -0.3 is 41.1 Å². The molecule has 1 fully saturated rings. The van der Waals surface area contributed by atoms with Crippen molar-refractivity contribution in [3.8, 4) is 5.75 Å². The second-order valence-electron chi connectivity index (χ2n) is 10.5. The van der Waals surface area contributed by atoms with Crippen LogP contribution in [0.3, 0.4) is 0 Å². The van der Waals surface area contributed by atoms with Crippen LogP contribution in [0, 0.1) is 11.8 Å². The lowest BCUT2D eigenvalue weighted by atomic mass is 9.58. The van der Waals surface area contributed by atoms with Crippen LogP contribution in [0.25, 0.3) is 0 Å². The van der Waals surface area contributed by atoms with E-state index in [2.05, 4.69) is 5.32 Å². The van der Waals surface area contributed by atoms with Crippen LogP contribution < -0.4 is 11.1 Å². The number of anilines is 1. The molecule has 5 rings (SSSR count). The van der Waals surface area contributed by atoms with Gasteiger partial charge in [-0.1, -0.05) is 6.07 Å². The normalized spacial score (nSPS) is 28.7. The van der Waals surface area contributed by atoms with Crippen molar-refractivity contribution in [2.75, 3.05) is 45.7 Å². The summed E-state index contributed by atoms with van der Waals surface area (Å²) in [5.41, 5.74) is 1.77. The fourth-order valence-electron chi connectivity index (χ4n) is 6.29. The van der Waals surface area contributed by atoms with E-state index in [9.17, 15) is 39.6 Å². The number of urea groups is 1. The van der Waals surface area contributed by atoms with Gasteiger partial charge in [0.05, 0.1) is 30.5 Å². The number of fused-ring (bicyclic) bond motifs is 3. The van der Waals surface area contributed by atoms with Crippen LogP contribution in [0.1, 0.15) is 22.3 Å². The molecule has 13 heteroatoms. The maximum Gasteiger partial charge on any atom is 0.322 e. The van der Waals surface area contributed by atoms with E-state index < -0.39 is 69.8 Å². The predicted octanol–water partition coefficient (Wildman–Crippen LogP) is -0.0153. The number of aliphatic hydroxyl groups is 3. The van der Waals surface area contributed by atoms with E-state index in [0.29, 0.717) is 31.9 Å². The van der Waals surface area contributed by atoms with Gasteiger partial charge in [0.1, 0.15) is 17.1 Å². The highest BCUT2D eigenvalue weighted by molar-refractivity contribution is 6.25. The van der Waals surface area contributed by atoms with E-state index in [0.717, 1.165) is 0 Å². The molecule has 4 aliphatic rings. The van der Waals surface area contributed by atoms with Crippen molar-refractivity contribution in [3.05, 3.63) is 45.9 Å². The number of phenolic OH excluding ortho intramolecular Hbond substituents is 1. The molecule has 208 valence electrons. The Bertz CT molecular complexity index is 1360. The van der Waals surface area contributed by atoms with E-state index in [-0.39, 0.29) is 29.7 Å². The number of carbonyl (C=O) groups is 4. The number of carbonyl (C=O) groups excluding carboxylic acids is 4. The van der Waals surface area contributed by atoms with Crippen molar-refractivity contribution in [3.63, 3.8) is 0 Å². The molecular formula is C26H30N4O9. The van der Waals surface area contributed by atoms with Gasteiger partial charge in [-0.05, 0) is 44.5 Å². The number of aromatic hydroxyl groups is 1. The van der Waals surface area contributed by atoms with Crippen LogP contribution >= 0.6 is 0 Å². The SMILES string of the molecule is CN(C)[C@@H]1C(O)=C(C(N)=O)C(=O)[C@@]2(O)C(O)=C3C(=O)c4c(ccc(NC(=O)N5CCOCC5)c4O)C[C@H]3C[C@@H]12. The van der Waals surface area contributed by atoms with Gasteiger partial charge in [-0.25, -0.2) is 4.79 Å². The third-order valence-electron chi connectivity index (χ3n) is 8.13. The first-order chi connectivity index (χ1) is 18.4. The molecule has 0 unspecified atom stereocenters. The standard InChI is InChI=1S/C26H30N4O9/c1-29(2)18-13-10-12-9-11-3-4-14(28-25(37)30-5-7-39-8-6-30)19(31)15(11)20(32)16(12)22(34)26(13,38)23(35)17(21(18)33)24(27)36/h3-4,12-13,18,31,33-34,38H,5-10H2,1-2H3,(H2,27,36)(H,28,37)/t12-,13-,18-,26-/m0/s1. The van der Waals surface area contributed by atoms with Gasteiger partial charge in [-0.15, -0.1) is 0 Å². The highest BCUT2D eigenvalue weighted by atomic mass is 16.5. The number of ether oxygens (including phenoxy) is 1. The smallest absolute Gasteiger partial charge is 0.322 e. The van der Waals surface area contributed by atoms with Crippen molar-refractivity contribution < 1.29 is 44.3 Å². The number of aliphatic hydroxyl groups excluding tert-OH is 2. The average molecular weight is 543 g/mol. The van der Waals surface area contributed by atoms with Crippen LogP contribution in [-0.4, -0.2) is 106 Å². The molecule has 3 amide bonds. The lowest BCUT2D eigenvalue weighted by Gasteiger charge is -2.50. The Kier molecular flexibility index (Phi) is 6.40. The summed E-state index contributed by atoms with van der Waals surface area (Å²) < 4.78 is 5.24. The summed E-state index contributed by atoms with van der Waals surface area (Å²) in [6.07, 6.45) is 0.168. The summed E-state index contributed by atoms with van der Waals surface area (Å²) in [7, 11) is 3.14. The fourth-order valence-corrected chi connectivity index (χ4v) is 6.29. The Labute approximate surface area is 223 Å².